The van der Waals surface area contributed by atoms with Gasteiger partial charge in [0.15, 0.2) is 16.6 Å². The first-order chi connectivity index (χ1) is 15.7. The fourth-order valence-corrected chi connectivity index (χ4v) is 4.70. The number of nitrogens with zero attached hydrogens (tertiary/aromatic N) is 2. The molecule has 0 spiro atoms. The molecule has 33 heavy (non-hydrogen) atoms. The summed E-state index contributed by atoms with van der Waals surface area (Å²) in [4.78, 5) is 33.0. The summed E-state index contributed by atoms with van der Waals surface area (Å²) in [7, 11) is 0. The number of ketones is 1. The van der Waals surface area contributed by atoms with Crippen LogP contribution in [-0.2, 0) is 9.59 Å². The van der Waals surface area contributed by atoms with E-state index in [9.17, 15) is 19.8 Å². The molecular weight excluding hydrogens is 464 g/mol. The molecule has 9 heteroatoms. The van der Waals surface area contributed by atoms with Crippen LogP contribution >= 0.6 is 22.9 Å². The van der Waals surface area contributed by atoms with Crippen molar-refractivity contribution < 1.29 is 24.5 Å². The third-order valence-corrected chi connectivity index (χ3v) is 6.71. The third-order valence-electron chi connectivity index (χ3n) is 5.38. The maximum atomic E-state index is 13.2. The fourth-order valence-electron chi connectivity index (χ4n) is 3.64. The number of carbonyl (C=O) groups excluding carboxylic acids is 2. The van der Waals surface area contributed by atoms with Gasteiger partial charge < -0.3 is 14.9 Å². The highest BCUT2D eigenvalue weighted by Gasteiger charge is 2.48. The monoisotopic (exact) mass is 484 g/mol. The maximum absolute atomic E-state index is 13.2. The van der Waals surface area contributed by atoms with Crippen LogP contribution in [0.1, 0.15) is 34.7 Å². The Morgan fingerprint density at radius 3 is 2.48 bits per heavy atom. The van der Waals surface area contributed by atoms with Crippen LogP contribution in [0.15, 0.2) is 48.0 Å². The number of rotatable bonds is 5. The van der Waals surface area contributed by atoms with E-state index in [-0.39, 0.29) is 22.8 Å². The Labute approximate surface area is 199 Å². The molecule has 4 rings (SSSR count). The van der Waals surface area contributed by atoms with Crippen molar-refractivity contribution >= 4 is 45.5 Å². The van der Waals surface area contributed by atoms with Gasteiger partial charge in [-0.3, -0.25) is 14.5 Å². The molecular formula is C24H21ClN2O5S. The smallest absolute Gasteiger partial charge is 0.301 e. The number of aromatic hydroxyl groups is 1. The molecule has 2 N–H and O–H groups in total. The Bertz CT molecular complexity index is 1260. The van der Waals surface area contributed by atoms with Crippen molar-refractivity contribution in [2.24, 2.45) is 0 Å². The Hall–Kier alpha value is -3.36. The van der Waals surface area contributed by atoms with E-state index in [2.05, 4.69) is 4.98 Å². The van der Waals surface area contributed by atoms with Crippen molar-refractivity contribution in [1.82, 2.24) is 4.98 Å². The molecule has 1 fully saturated rings. The molecule has 2 heterocycles. The first-order valence-corrected chi connectivity index (χ1v) is 11.4. The number of Topliss-reactive ketones (excluding diaryl/α,β-unsaturated/α-hetero) is 1. The van der Waals surface area contributed by atoms with Crippen molar-refractivity contribution in [3.8, 4) is 11.5 Å². The van der Waals surface area contributed by atoms with Crippen LogP contribution in [0.25, 0.3) is 5.76 Å². The highest BCUT2D eigenvalue weighted by Crippen LogP contribution is 2.45. The van der Waals surface area contributed by atoms with Crippen molar-refractivity contribution in [2.45, 2.75) is 26.8 Å². The second-order valence-electron chi connectivity index (χ2n) is 7.47. The number of halogens is 1. The quantitative estimate of drug-likeness (QED) is 0.295. The SMILES string of the molecule is CCOc1cc(C2C(=C(O)c3ccc(Cl)cc3)C(=O)C(=O)N2c2nc(C)c(C)s2)ccc1O. The van der Waals surface area contributed by atoms with Gasteiger partial charge in [-0.25, -0.2) is 4.98 Å². The van der Waals surface area contributed by atoms with E-state index in [1.807, 2.05) is 13.8 Å². The lowest BCUT2D eigenvalue weighted by molar-refractivity contribution is -0.132. The summed E-state index contributed by atoms with van der Waals surface area (Å²) < 4.78 is 5.50. The number of phenols is 1. The molecule has 2 aromatic carbocycles. The number of aliphatic hydroxyl groups is 1. The van der Waals surface area contributed by atoms with Gasteiger partial charge in [-0.1, -0.05) is 17.7 Å². The Morgan fingerprint density at radius 2 is 1.88 bits per heavy atom. The Morgan fingerprint density at radius 1 is 1.18 bits per heavy atom. The van der Waals surface area contributed by atoms with E-state index in [0.717, 1.165) is 10.6 Å². The zero-order valence-electron chi connectivity index (χ0n) is 18.1. The summed E-state index contributed by atoms with van der Waals surface area (Å²) >= 11 is 7.25. The van der Waals surface area contributed by atoms with Gasteiger partial charge in [0.1, 0.15) is 5.76 Å². The van der Waals surface area contributed by atoms with E-state index in [1.165, 1.54) is 22.3 Å². The molecule has 1 atom stereocenters. The number of hydrogen-bond acceptors (Lipinski definition) is 7. The van der Waals surface area contributed by atoms with Crippen LogP contribution < -0.4 is 9.64 Å². The van der Waals surface area contributed by atoms with Crippen molar-refractivity contribution in [3.05, 3.63) is 74.8 Å². The van der Waals surface area contributed by atoms with E-state index in [4.69, 9.17) is 16.3 Å². The lowest BCUT2D eigenvalue weighted by atomic mass is 9.95. The molecule has 1 aliphatic rings. The normalized spacial score (nSPS) is 17.6. The average Bonchev–Trinajstić information content (AvgIpc) is 3.25. The predicted molar refractivity (Wildman–Crippen MR) is 127 cm³/mol. The van der Waals surface area contributed by atoms with Crippen LogP contribution in [0.3, 0.4) is 0 Å². The van der Waals surface area contributed by atoms with E-state index >= 15 is 0 Å². The minimum atomic E-state index is -0.967. The average molecular weight is 485 g/mol. The van der Waals surface area contributed by atoms with E-state index < -0.39 is 17.7 Å². The van der Waals surface area contributed by atoms with Gasteiger partial charge in [-0.05, 0) is 62.7 Å². The Kier molecular flexibility index (Phi) is 6.14. The summed E-state index contributed by atoms with van der Waals surface area (Å²) in [5.74, 6) is -1.82. The number of phenolic OH excluding ortho intramolecular Hbond substituents is 1. The number of thiazole rings is 1. The number of carbonyl (C=O) groups is 2. The van der Waals surface area contributed by atoms with E-state index in [0.29, 0.717) is 27.9 Å². The molecule has 1 aliphatic heterocycles. The first kappa shape index (κ1) is 22.8. The van der Waals surface area contributed by atoms with Gasteiger partial charge in [-0.2, -0.15) is 0 Å². The highest BCUT2D eigenvalue weighted by molar-refractivity contribution is 7.16. The van der Waals surface area contributed by atoms with Gasteiger partial charge in [0.25, 0.3) is 5.78 Å². The molecule has 3 aromatic rings. The fraction of sp³-hybridized carbons (Fsp3) is 0.208. The molecule has 0 bridgehead atoms. The number of aliphatic hydroxyl groups excluding tert-OH is 1. The molecule has 0 saturated carbocycles. The van der Waals surface area contributed by atoms with Gasteiger partial charge in [0.2, 0.25) is 0 Å². The van der Waals surface area contributed by atoms with Gasteiger partial charge in [0, 0.05) is 15.5 Å². The standard InChI is InChI=1S/C24H21ClN2O5S/c1-4-32-18-11-15(7-10-17(18)28)20-19(21(29)14-5-8-16(25)9-6-14)22(30)23(31)27(20)24-26-12(2)13(3)33-24/h5-11,20,28-29H,4H2,1-3H3. The molecule has 1 saturated heterocycles. The minimum Gasteiger partial charge on any atom is -0.507 e. The summed E-state index contributed by atoms with van der Waals surface area (Å²) in [6.45, 7) is 5.79. The van der Waals surface area contributed by atoms with E-state index in [1.54, 1.807) is 43.3 Å². The molecule has 0 radical (unpaired) electrons. The number of benzene rings is 2. The zero-order chi connectivity index (χ0) is 23.9. The molecule has 170 valence electrons. The Balaban J connectivity index is 1.96. The van der Waals surface area contributed by atoms with Gasteiger partial charge in [0.05, 0.1) is 23.9 Å². The lowest BCUT2D eigenvalue weighted by Gasteiger charge is -2.23. The molecule has 0 aliphatic carbocycles. The predicted octanol–water partition coefficient (Wildman–Crippen LogP) is 5.14. The van der Waals surface area contributed by atoms with Crippen LogP contribution in [0.4, 0.5) is 5.13 Å². The number of aryl methyl sites for hydroxylation is 2. The first-order valence-electron chi connectivity index (χ1n) is 10.2. The van der Waals surface area contributed by atoms with Crippen molar-refractivity contribution in [3.63, 3.8) is 0 Å². The summed E-state index contributed by atoms with van der Waals surface area (Å²) in [6, 6.07) is 9.93. The van der Waals surface area contributed by atoms with Crippen LogP contribution in [0.5, 0.6) is 11.5 Å². The van der Waals surface area contributed by atoms with Crippen LogP contribution in [-0.4, -0.2) is 33.5 Å². The van der Waals surface area contributed by atoms with Crippen LogP contribution in [0, 0.1) is 13.8 Å². The molecule has 1 aromatic heterocycles. The number of aromatic nitrogens is 1. The zero-order valence-corrected chi connectivity index (χ0v) is 19.7. The summed E-state index contributed by atoms with van der Waals surface area (Å²) in [5.41, 5.74) is 1.49. The molecule has 1 amide bonds. The van der Waals surface area contributed by atoms with Gasteiger partial charge >= 0.3 is 5.91 Å². The number of ether oxygens (including phenoxy) is 1. The number of hydrogen-bond donors (Lipinski definition) is 2. The largest absolute Gasteiger partial charge is 0.507 e. The highest BCUT2D eigenvalue weighted by atomic mass is 35.5. The molecule has 1 unspecified atom stereocenters. The summed E-state index contributed by atoms with van der Waals surface area (Å²) in [5, 5.41) is 22.1. The van der Waals surface area contributed by atoms with Crippen LogP contribution in [0.2, 0.25) is 5.02 Å². The number of anilines is 1. The third kappa shape index (κ3) is 4.07. The van der Waals surface area contributed by atoms with Crippen molar-refractivity contribution in [1.29, 1.82) is 0 Å². The second kappa shape index (κ2) is 8.88. The molecule has 7 nitrogen and oxygen atoms in total. The van der Waals surface area contributed by atoms with Crippen molar-refractivity contribution in [2.75, 3.05) is 11.5 Å². The topological polar surface area (TPSA) is 100.0 Å². The van der Waals surface area contributed by atoms with Gasteiger partial charge in [-0.15, -0.1) is 11.3 Å². The number of amides is 1. The lowest BCUT2D eigenvalue weighted by Crippen LogP contribution is -2.29. The second-order valence-corrected chi connectivity index (χ2v) is 9.09. The minimum absolute atomic E-state index is 0.0730. The maximum Gasteiger partial charge on any atom is 0.301 e. The summed E-state index contributed by atoms with van der Waals surface area (Å²) in [6.07, 6.45) is 0.